The van der Waals surface area contributed by atoms with Gasteiger partial charge in [-0.15, -0.1) is 0 Å². The Morgan fingerprint density at radius 2 is 1.85 bits per heavy atom. The Morgan fingerprint density at radius 3 is 2.65 bits per heavy atom. The normalized spacial score (nSPS) is 27.2. The van der Waals surface area contributed by atoms with Crippen molar-refractivity contribution in [1.82, 2.24) is 4.98 Å². The molecule has 2 unspecified atom stereocenters. The van der Waals surface area contributed by atoms with Crippen molar-refractivity contribution in [2.75, 3.05) is 11.4 Å². The molecule has 1 aliphatic carbocycles. The Balaban J connectivity index is 1.87. The summed E-state index contributed by atoms with van der Waals surface area (Å²) < 4.78 is 0. The molecule has 2 heteroatoms. The molecule has 1 aliphatic heterocycles. The second-order valence-corrected chi connectivity index (χ2v) is 7.60. The highest BCUT2D eigenvalue weighted by atomic mass is 15.2. The highest BCUT2D eigenvalue weighted by molar-refractivity contribution is 5.44. The van der Waals surface area contributed by atoms with Crippen molar-refractivity contribution in [2.45, 2.75) is 70.8 Å². The van der Waals surface area contributed by atoms with Crippen LogP contribution < -0.4 is 4.90 Å². The van der Waals surface area contributed by atoms with E-state index in [0.717, 1.165) is 12.0 Å². The third-order valence-corrected chi connectivity index (χ3v) is 5.15. The summed E-state index contributed by atoms with van der Waals surface area (Å²) in [4.78, 5) is 7.31. The van der Waals surface area contributed by atoms with Gasteiger partial charge in [-0.2, -0.15) is 0 Å². The van der Waals surface area contributed by atoms with Crippen LogP contribution in [0.15, 0.2) is 18.3 Å². The fourth-order valence-electron chi connectivity index (χ4n) is 3.95. The number of piperidine rings is 1. The van der Waals surface area contributed by atoms with Crippen LogP contribution in [0, 0.1) is 5.92 Å². The van der Waals surface area contributed by atoms with E-state index in [-0.39, 0.29) is 5.41 Å². The lowest BCUT2D eigenvalue weighted by Crippen LogP contribution is -2.47. The van der Waals surface area contributed by atoms with Gasteiger partial charge < -0.3 is 4.90 Å². The first-order chi connectivity index (χ1) is 9.55. The molecule has 0 spiro atoms. The Kier molecular flexibility index (Phi) is 3.74. The topological polar surface area (TPSA) is 16.1 Å². The fraction of sp³-hybridized carbons (Fsp3) is 0.722. The quantitative estimate of drug-likeness (QED) is 0.746. The number of fused-ring (bicyclic) bond motifs is 1. The molecule has 0 N–H and O–H groups in total. The van der Waals surface area contributed by atoms with E-state index in [1.165, 1.54) is 56.5 Å². The lowest BCUT2D eigenvalue weighted by Gasteiger charge is -2.45. The van der Waals surface area contributed by atoms with Crippen molar-refractivity contribution >= 4 is 5.82 Å². The zero-order valence-corrected chi connectivity index (χ0v) is 13.2. The minimum Gasteiger partial charge on any atom is -0.353 e. The minimum atomic E-state index is 0.208. The molecule has 20 heavy (non-hydrogen) atoms. The van der Waals surface area contributed by atoms with Crippen molar-refractivity contribution in [2.24, 2.45) is 5.92 Å². The number of anilines is 1. The lowest BCUT2D eigenvalue weighted by atomic mass is 9.78. The first-order valence-corrected chi connectivity index (χ1v) is 8.29. The van der Waals surface area contributed by atoms with Gasteiger partial charge in [-0.05, 0) is 54.7 Å². The first-order valence-electron chi connectivity index (χ1n) is 8.29. The smallest absolute Gasteiger partial charge is 0.129 e. The number of hydrogen-bond acceptors (Lipinski definition) is 2. The van der Waals surface area contributed by atoms with Gasteiger partial charge in [0.25, 0.3) is 0 Å². The van der Waals surface area contributed by atoms with E-state index in [1.54, 1.807) is 0 Å². The number of aromatic nitrogens is 1. The van der Waals surface area contributed by atoms with E-state index in [4.69, 9.17) is 4.98 Å². The van der Waals surface area contributed by atoms with Crippen LogP contribution in [0.1, 0.15) is 64.9 Å². The molecule has 2 heterocycles. The molecule has 1 saturated heterocycles. The monoisotopic (exact) mass is 272 g/mol. The van der Waals surface area contributed by atoms with Crippen LogP contribution in [0.5, 0.6) is 0 Å². The van der Waals surface area contributed by atoms with E-state index < -0.39 is 0 Å². The minimum absolute atomic E-state index is 0.208. The molecule has 2 nitrogen and oxygen atoms in total. The summed E-state index contributed by atoms with van der Waals surface area (Å²) in [5.74, 6) is 2.13. The van der Waals surface area contributed by atoms with Crippen molar-refractivity contribution in [3.05, 3.63) is 23.9 Å². The molecule has 2 fully saturated rings. The van der Waals surface area contributed by atoms with Gasteiger partial charge in [-0.1, -0.05) is 33.6 Å². The van der Waals surface area contributed by atoms with Crippen LogP contribution in [-0.4, -0.2) is 17.6 Å². The van der Waals surface area contributed by atoms with Gasteiger partial charge in [0.1, 0.15) is 5.82 Å². The number of nitrogens with zero attached hydrogens (tertiary/aromatic N) is 2. The SMILES string of the molecule is CC(C)(C)c1ccnc(N2CCCC3CCCCC32)c1. The molecule has 1 aromatic rings. The molecular weight excluding hydrogens is 244 g/mol. The van der Waals surface area contributed by atoms with Gasteiger partial charge in [-0.3, -0.25) is 0 Å². The van der Waals surface area contributed by atoms with E-state index in [9.17, 15) is 0 Å². The van der Waals surface area contributed by atoms with Crippen LogP contribution in [0.4, 0.5) is 5.82 Å². The molecular formula is C18H28N2. The average Bonchev–Trinajstić information content (AvgIpc) is 2.46. The molecule has 2 aliphatic rings. The Morgan fingerprint density at radius 1 is 1.10 bits per heavy atom. The highest BCUT2D eigenvalue weighted by Gasteiger charge is 2.34. The molecule has 110 valence electrons. The zero-order valence-electron chi connectivity index (χ0n) is 13.2. The van der Waals surface area contributed by atoms with Crippen LogP contribution in [0.2, 0.25) is 0 Å². The second kappa shape index (κ2) is 5.38. The number of hydrogen-bond donors (Lipinski definition) is 0. The molecule has 2 atom stereocenters. The predicted molar refractivity (Wildman–Crippen MR) is 85.3 cm³/mol. The van der Waals surface area contributed by atoms with Crippen molar-refractivity contribution in [3.63, 3.8) is 0 Å². The van der Waals surface area contributed by atoms with Gasteiger partial charge in [0.05, 0.1) is 0 Å². The molecule has 0 amide bonds. The summed E-state index contributed by atoms with van der Waals surface area (Å²) in [6.45, 7) is 8.05. The summed E-state index contributed by atoms with van der Waals surface area (Å²) in [6.07, 6.45) is 10.4. The van der Waals surface area contributed by atoms with Gasteiger partial charge in [0.2, 0.25) is 0 Å². The summed E-state index contributed by atoms with van der Waals surface area (Å²) in [7, 11) is 0. The number of rotatable bonds is 1. The average molecular weight is 272 g/mol. The summed E-state index contributed by atoms with van der Waals surface area (Å²) in [6, 6.07) is 5.25. The predicted octanol–water partition coefficient (Wildman–Crippen LogP) is 4.54. The Labute approximate surface area is 123 Å². The molecule has 0 radical (unpaired) electrons. The van der Waals surface area contributed by atoms with Crippen LogP contribution in [0.25, 0.3) is 0 Å². The second-order valence-electron chi connectivity index (χ2n) is 7.60. The maximum Gasteiger partial charge on any atom is 0.129 e. The maximum atomic E-state index is 4.69. The third kappa shape index (κ3) is 2.70. The van der Waals surface area contributed by atoms with Crippen LogP contribution in [0.3, 0.4) is 0 Å². The van der Waals surface area contributed by atoms with Gasteiger partial charge in [0.15, 0.2) is 0 Å². The van der Waals surface area contributed by atoms with E-state index >= 15 is 0 Å². The largest absolute Gasteiger partial charge is 0.353 e. The van der Waals surface area contributed by atoms with E-state index in [0.29, 0.717) is 0 Å². The Hall–Kier alpha value is -1.05. The molecule has 1 saturated carbocycles. The van der Waals surface area contributed by atoms with Crippen molar-refractivity contribution in [3.8, 4) is 0 Å². The van der Waals surface area contributed by atoms with Gasteiger partial charge >= 0.3 is 0 Å². The van der Waals surface area contributed by atoms with E-state index in [2.05, 4.69) is 37.8 Å². The fourth-order valence-corrected chi connectivity index (χ4v) is 3.95. The summed E-state index contributed by atoms with van der Waals surface area (Å²) in [5.41, 5.74) is 1.61. The summed E-state index contributed by atoms with van der Waals surface area (Å²) >= 11 is 0. The molecule has 0 bridgehead atoms. The van der Waals surface area contributed by atoms with Crippen molar-refractivity contribution in [1.29, 1.82) is 0 Å². The first kappa shape index (κ1) is 13.9. The van der Waals surface area contributed by atoms with Gasteiger partial charge in [0, 0.05) is 18.8 Å². The number of pyridine rings is 1. The Bertz CT molecular complexity index is 459. The van der Waals surface area contributed by atoms with Crippen LogP contribution >= 0.6 is 0 Å². The third-order valence-electron chi connectivity index (χ3n) is 5.15. The molecule has 1 aromatic heterocycles. The standard InChI is InChI=1S/C18H28N2/c1-18(2,3)15-10-11-19-17(13-15)20-12-6-8-14-7-4-5-9-16(14)20/h10-11,13-14,16H,4-9,12H2,1-3H3. The van der Waals surface area contributed by atoms with Crippen LogP contribution in [-0.2, 0) is 5.41 Å². The molecule has 0 aromatic carbocycles. The molecule has 3 rings (SSSR count). The maximum absolute atomic E-state index is 4.69. The van der Waals surface area contributed by atoms with Crippen molar-refractivity contribution < 1.29 is 0 Å². The van der Waals surface area contributed by atoms with Gasteiger partial charge in [-0.25, -0.2) is 4.98 Å². The van der Waals surface area contributed by atoms with E-state index in [1.807, 2.05) is 6.20 Å². The lowest BCUT2D eigenvalue weighted by molar-refractivity contribution is 0.242. The summed E-state index contributed by atoms with van der Waals surface area (Å²) in [5, 5.41) is 0. The highest BCUT2D eigenvalue weighted by Crippen LogP contribution is 2.37. The zero-order chi connectivity index (χ0) is 14.2.